The molecule has 1 fully saturated rings. The summed E-state index contributed by atoms with van der Waals surface area (Å²) >= 11 is 3.55. The van der Waals surface area contributed by atoms with Crippen molar-refractivity contribution in [1.82, 2.24) is 9.88 Å². The fourth-order valence-corrected chi connectivity index (χ4v) is 3.80. The molecule has 1 aliphatic heterocycles. The molecule has 0 atom stereocenters. The maximum Gasteiger partial charge on any atom is 0.250 e. The highest BCUT2D eigenvalue weighted by molar-refractivity contribution is 9.10. The first-order valence-electron chi connectivity index (χ1n) is 8.62. The minimum Gasteiger partial charge on any atom is -0.379 e. The van der Waals surface area contributed by atoms with E-state index in [0.717, 1.165) is 59.5 Å². The number of nitrogens with one attached hydrogen (secondary N) is 1. The van der Waals surface area contributed by atoms with Gasteiger partial charge in [-0.05, 0) is 29.3 Å². The van der Waals surface area contributed by atoms with Gasteiger partial charge in [-0.2, -0.15) is 0 Å². The summed E-state index contributed by atoms with van der Waals surface area (Å²) in [6.45, 7) is 4.52. The Labute approximate surface area is 160 Å². The predicted octanol–water partition coefficient (Wildman–Crippen LogP) is 3.53. The van der Waals surface area contributed by atoms with Gasteiger partial charge in [0.15, 0.2) is 0 Å². The molecule has 1 aromatic heterocycles. The van der Waals surface area contributed by atoms with E-state index in [-0.39, 0.29) is 0 Å². The molecule has 0 unspecified atom stereocenters. The molecule has 1 amide bonds. The number of nitrogens with two attached hydrogens (primary N) is 1. The van der Waals surface area contributed by atoms with Gasteiger partial charge in [0, 0.05) is 35.2 Å². The van der Waals surface area contributed by atoms with Crippen LogP contribution in [0.25, 0.3) is 22.2 Å². The molecule has 5 nitrogen and oxygen atoms in total. The molecule has 0 radical (unpaired) electrons. The van der Waals surface area contributed by atoms with Gasteiger partial charge in [-0.15, -0.1) is 0 Å². The van der Waals surface area contributed by atoms with Gasteiger partial charge in [0.05, 0.1) is 24.3 Å². The lowest BCUT2D eigenvalue weighted by Gasteiger charge is -2.26. The van der Waals surface area contributed by atoms with Crippen LogP contribution in [0.4, 0.5) is 0 Å². The molecule has 6 heteroatoms. The van der Waals surface area contributed by atoms with Crippen molar-refractivity contribution < 1.29 is 9.53 Å². The van der Waals surface area contributed by atoms with Crippen molar-refractivity contribution in [3.8, 4) is 11.3 Å². The molecule has 26 heavy (non-hydrogen) atoms. The van der Waals surface area contributed by atoms with Gasteiger partial charge in [-0.3, -0.25) is 9.69 Å². The lowest BCUT2D eigenvalue weighted by Crippen LogP contribution is -2.35. The van der Waals surface area contributed by atoms with E-state index in [1.54, 1.807) is 6.07 Å². The fourth-order valence-electron chi connectivity index (χ4n) is 3.35. The summed E-state index contributed by atoms with van der Waals surface area (Å²) in [6.07, 6.45) is 0. The lowest BCUT2D eigenvalue weighted by molar-refractivity contribution is 0.0342. The van der Waals surface area contributed by atoms with Gasteiger partial charge in [0.25, 0.3) is 5.91 Å². The van der Waals surface area contributed by atoms with Crippen molar-refractivity contribution in [3.63, 3.8) is 0 Å². The van der Waals surface area contributed by atoms with Crippen LogP contribution in [0, 0.1) is 0 Å². The lowest BCUT2D eigenvalue weighted by atomic mass is 10.1. The SMILES string of the molecule is NC(=O)c1ccc(Br)c2cc(-c3ccc(CN4CCOCC4)cc3)[nH]c12. The van der Waals surface area contributed by atoms with Crippen molar-refractivity contribution >= 4 is 32.7 Å². The average molecular weight is 414 g/mol. The Kier molecular flexibility index (Phi) is 4.80. The predicted molar refractivity (Wildman–Crippen MR) is 106 cm³/mol. The van der Waals surface area contributed by atoms with Gasteiger partial charge < -0.3 is 15.5 Å². The Balaban J connectivity index is 1.62. The summed E-state index contributed by atoms with van der Waals surface area (Å²) in [7, 11) is 0. The molecule has 0 bridgehead atoms. The van der Waals surface area contributed by atoms with Gasteiger partial charge in [-0.1, -0.05) is 40.2 Å². The van der Waals surface area contributed by atoms with Crippen LogP contribution in [0.3, 0.4) is 0 Å². The van der Waals surface area contributed by atoms with E-state index >= 15 is 0 Å². The Morgan fingerprint density at radius 1 is 1.15 bits per heavy atom. The third-order valence-electron chi connectivity index (χ3n) is 4.78. The van der Waals surface area contributed by atoms with Crippen molar-refractivity contribution in [3.05, 3.63) is 58.1 Å². The molecule has 2 heterocycles. The molecule has 3 N–H and O–H groups in total. The van der Waals surface area contributed by atoms with E-state index in [1.165, 1.54) is 5.56 Å². The van der Waals surface area contributed by atoms with Crippen LogP contribution in [0.5, 0.6) is 0 Å². The number of hydrogen-bond donors (Lipinski definition) is 2. The summed E-state index contributed by atoms with van der Waals surface area (Å²) in [5.74, 6) is -0.434. The third kappa shape index (κ3) is 3.40. The zero-order valence-electron chi connectivity index (χ0n) is 14.3. The normalized spacial score (nSPS) is 15.4. The second-order valence-electron chi connectivity index (χ2n) is 6.52. The molecule has 0 saturated carbocycles. The fraction of sp³-hybridized carbons (Fsp3) is 0.250. The smallest absolute Gasteiger partial charge is 0.250 e. The first-order valence-corrected chi connectivity index (χ1v) is 9.41. The van der Waals surface area contributed by atoms with Crippen LogP contribution in [-0.4, -0.2) is 42.1 Å². The number of aromatic amines is 1. The number of H-pyrrole nitrogens is 1. The Morgan fingerprint density at radius 2 is 1.88 bits per heavy atom. The molecule has 4 rings (SSSR count). The van der Waals surface area contributed by atoms with Crippen LogP contribution in [0.2, 0.25) is 0 Å². The summed E-state index contributed by atoms with van der Waals surface area (Å²) in [6, 6.07) is 14.2. The number of benzene rings is 2. The zero-order chi connectivity index (χ0) is 18.1. The molecule has 134 valence electrons. The summed E-state index contributed by atoms with van der Waals surface area (Å²) in [5, 5.41) is 0.952. The molecule has 0 aliphatic carbocycles. The average Bonchev–Trinajstić information content (AvgIpc) is 3.09. The number of carbonyl (C=O) groups excluding carboxylic acids is 1. The van der Waals surface area contributed by atoms with Crippen LogP contribution < -0.4 is 5.73 Å². The highest BCUT2D eigenvalue weighted by atomic mass is 79.9. The van der Waals surface area contributed by atoms with Gasteiger partial charge in [-0.25, -0.2) is 0 Å². The maximum atomic E-state index is 11.7. The number of rotatable bonds is 4. The molecular weight excluding hydrogens is 394 g/mol. The monoisotopic (exact) mass is 413 g/mol. The van der Waals surface area contributed by atoms with E-state index in [1.807, 2.05) is 12.1 Å². The largest absolute Gasteiger partial charge is 0.379 e. The van der Waals surface area contributed by atoms with Crippen molar-refractivity contribution in [1.29, 1.82) is 0 Å². The number of aromatic nitrogens is 1. The summed E-state index contributed by atoms with van der Waals surface area (Å²) in [5.41, 5.74) is 10.1. The number of amides is 1. The Hall–Kier alpha value is -2.15. The van der Waals surface area contributed by atoms with E-state index in [4.69, 9.17) is 10.5 Å². The first kappa shape index (κ1) is 17.3. The van der Waals surface area contributed by atoms with E-state index < -0.39 is 5.91 Å². The molecule has 1 aliphatic rings. The molecule has 3 aromatic rings. The molecular formula is C20H20BrN3O2. The van der Waals surface area contributed by atoms with Crippen molar-refractivity contribution in [2.45, 2.75) is 6.54 Å². The minimum absolute atomic E-state index is 0.434. The van der Waals surface area contributed by atoms with Crippen LogP contribution in [-0.2, 0) is 11.3 Å². The number of carbonyl (C=O) groups is 1. The summed E-state index contributed by atoms with van der Waals surface area (Å²) < 4.78 is 6.33. The zero-order valence-corrected chi connectivity index (χ0v) is 15.9. The number of halogens is 1. The number of ether oxygens (including phenoxy) is 1. The number of hydrogen-bond acceptors (Lipinski definition) is 3. The van der Waals surface area contributed by atoms with Crippen LogP contribution in [0.1, 0.15) is 15.9 Å². The van der Waals surface area contributed by atoms with Gasteiger partial charge >= 0.3 is 0 Å². The minimum atomic E-state index is -0.434. The molecule has 0 spiro atoms. The molecule has 1 saturated heterocycles. The second kappa shape index (κ2) is 7.23. The quantitative estimate of drug-likeness (QED) is 0.686. The van der Waals surface area contributed by atoms with Crippen molar-refractivity contribution in [2.75, 3.05) is 26.3 Å². The second-order valence-corrected chi connectivity index (χ2v) is 7.37. The van der Waals surface area contributed by atoms with E-state index in [0.29, 0.717) is 5.56 Å². The number of fused-ring (bicyclic) bond motifs is 1. The van der Waals surface area contributed by atoms with Gasteiger partial charge in [0.1, 0.15) is 0 Å². The van der Waals surface area contributed by atoms with E-state index in [9.17, 15) is 4.79 Å². The van der Waals surface area contributed by atoms with Gasteiger partial charge in [0.2, 0.25) is 0 Å². The number of morpholine rings is 1. The number of primary amides is 1. The van der Waals surface area contributed by atoms with Crippen LogP contribution >= 0.6 is 15.9 Å². The van der Waals surface area contributed by atoms with E-state index in [2.05, 4.69) is 50.1 Å². The first-order chi connectivity index (χ1) is 12.6. The standard InChI is InChI=1S/C20H20BrN3O2/c21-17-6-5-15(20(22)25)19-16(17)11-18(23-19)14-3-1-13(2-4-14)12-24-7-9-26-10-8-24/h1-6,11,23H,7-10,12H2,(H2,22,25). The summed E-state index contributed by atoms with van der Waals surface area (Å²) in [4.78, 5) is 17.4. The van der Waals surface area contributed by atoms with Crippen molar-refractivity contribution in [2.24, 2.45) is 5.73 Å². The third-order valence-corrected chi connectivity index (χ3v) is 5.47. The highest BCUT2D eigenvalue weighted by Gasteiger charge is 2.14. The van der Waals surface area contributed by atoms with Crippen LogP contribution in [0.15, 0.2) is 46.9 Å². The topological polar surface area (TPSA) is 71.3 Å². The molecule has 2 aromatic carbocycles. The Morgan fingerprint density at radius 3 is 2.58 bits per heavy atom. The maximum absolute atomic E-state index is 11.7. The number of nitrogens with zero attached hydrogens (tertiary/aromatic N) is 1. The highest BCUT2D eigenvalue weighted by Crippen LogP contribution is 2.31. The Bertz CT molecular complexity index is 944.